The third-order valence-electron chi connectivity index (χ3n) is 4.25. The first kappa shape index (κ1) is 29.1. The SMILES string of the molecule is CC(C)=O.CCCCC(CC)CCC(C)=O.CCCCC(CC)CO. The summed E-state index contributed by atoms with van der Waals surface area (Å²) in [5.74, 6) is 1.85. The summed E-state index contributed by atoms with van der Waals surface area (Å²) >= 11 is 0. The van der Waals surface area contributed by atoms with E-state index < -0.39 is 0 Å². The van der Waals surface area contributed by atoms with E-state index in [2.05, 4.69) is 27.7 Å². The minimum atomic E-state index is 0.167. The van der Waals surface area contributed by atoms with E-state index in [0.29, 0.717) is 18.3 Å². The molecule has 0 fully saturated rings. The van der Waals surface area contributed by atoms with Crippen LogP contribution in [0.1, 0.15) is 113 Å². The van der Waals surface area contributed by atoms with Gasteiger partial charge in [0.25, 0.3) is 0 Å². The van der Waals surface area contributed by atoms with Gasteiger partial charge in [-0.1, -0.05) is 72.6 Å². The van der Waals surface area contributed by atoms with Crippen LogP contribution in [0.25, 0.3) is 0 Å². The van der Waals surface area contributed by atoms with Gasteiger partial charge in [0.1, 0.15) is 11.6 Å². The van der Waals surface area contributed by atoms with Crippen LogP contribution < -0.4 is 0 Å². The molecule has 0 bridgehead atoms. The normalized spacial score (nSPS) is 12.2. The summed E-state index contributed by atoms with van der Waals surface area (Å²) in [6.07, 6.45) is 11.8. The van der Waals surface area contributed by atoms with Crippen molar-refractivity contribution in [3.05, 3.63) is 0 Å². The molecule has 0 saturated heterocycles. The molecular formula is C22H46O3. The van der Waals surface area contributed by atoms with E-state index in [9.17, 15) is 9.59 Å². The van der Waals surface area contributed by atoms with Crippen LogP contribution in [-0.4, -0.2) is 23.3 Å². The molecule has 152 valence electrons. The fraction of sp³-hybridized carbons (Fsp3) is 0.909. The fourth-order valence-electron chi connectivity index (χ4n) is 2.37. The maximum absolute atomic E-state index is 10.7. The number of carbonyl (C=O) groups is 2. The van der Waals surface area contributed by atoms with Crippen molar-refractivity contribution in [3.63, 3.8) is 0 Å². The van der Waals surface area contributed by atoms with Gasteiger partial charge < -0.3 is 14.7 Å². The Labute approximate surface area is 158 Å². The summed E-state index contributed by atoms with van der Waals surface area (Å²) in [6, 6.07) is 0. The van der Waals surface area contributed by atoms with Crippen molar-refractivity contribution in [2.45, 2.75) is 113 Å². The van der Waals surface area contributed by atoms with Crippen LogP contribution >= 0.6 is 0 Å². The molecule has 0 aromatic carbocycles. The molecule has 0 amide bonds. The molecule has 0 spiro atoms. The summed E-state index contributed by atoms with van der Waals surface area (Å²) in [6.45, 7) is 13.9. The monoisotopic (exact) mass is 358 g/mol. The zero-order chi connectivity index (χ0) is 20.1. The number of aliphatic hydroxyl groups is 1. The Bertz CT molecular complexity index is 279. The molecule has 25 heavy (non-hydrogen) atoms. The number of hydrogen-bond acceptors (Lipinski definition) is 3. The number of hydrogen-bond donors (Lipinski definition) is 1. The van der Waals surface area contributed by atoms with Crippen molar-refractivity contribution in [2.24, 2.45) is 11.8 Å². The van der Waals surface area contributed by atoms with Gasteiger partial charge in [0.2, 0.25) is 0 Å². The lowest BCUT2D eigenvalue weighted by molar-refractivity contribution is -0.117. The Balaban J connectivity index is -0.000000328. The first-order valence-electron chi connectivity index (χ1n) is 10.4. The Morgan fingerprint density at radius 1 is 0.760 bits per heavy atom. The summed E-state index contributed by atoms with van der Waals surface area (Å²) in [4.78, 5) is 20.2. The maximum Gasteiger partial charge on any atom is 0.129 e. The molecule has 0 aliphatic carbocycles. The largest absolute Gasteiger partial charge is 0.396 e. The van der Waals surface area contributed by atoms with Crippen molar-refractivity contribution >= 4 is 11.6 Å². The highest BCUT2D eigenvalue weighted by molar-refractivity contribution is 5.75. The highest BCUT2D eigenvalue weighted by Crippen LogP contribution is 2.18. The average Bonchev–Trinajstić information content (AvgIpc) is 2.56. The predicted molar refractivity (Wildman–Crippen MR) is 110 cm³/mol. The average molecular weight is 359 g/mol. The van der Waals surface area contributed by atoms with Crippen molar-refractivity contribution in [3.8, 4) is 0 Å². The highest BCUT2D eigenvalue weighted by atomic mass is 16.3. The molecule has 0 heterocycles. The summed E-state index contributed by atoms with van der Waals surface area (Å²) in [7, 11) is 0. The molecule has 0 aliphatic rings. The van der Waals surface area contributed by atoms with Gasteiger partial charge in [-0.2, -0.15) is 0 Å². The van der Waals surface area contributed by atoms with E-state index in [1.54, 1.807) is 6.92 Å². The van der Waals surface area contributed by atoms with Crippen LogP contribution in [0.5, 0.6) is 0 Å². The molecule has 2 atom stereocenters. The molecule has 0 aromatic heterocycles. The van der Waals surface area contributed by atoms with Gasteiger partial charge in [0.05, 0.1) is 0 Å². The van der Waals surface area contributed by atoms with Crippen molar-refractivity contribution in [1.82, 2.24) is 0 Å². The summed E-state index contributed by atoms with van der Waals surface area (Å²) < 4.78 is 0. The van der Waals surface area contributed by atoms with E-state index >= 15 is 0 Å². The molecule has 2 unspecified atom stereocenters. The number of rotatable bonds is 12. The van der Waals surface area contributed by atoms with Gasteiger partial charge in [-0.3, -0.25) is 0 Å². The lowest BCUT2D eigenvalue weighted by Crippen LogP contribution is -2.03. The Kier molecular flexibility index (Phi) is 27.1. The predicted octanol–water partition coefficient (Wildman–Crippen LogP) is 6.36. The number of ketones is 2. The quantitative estimate of drug-likeness (QED) is 0.441. The number of unbranched alkanes of at least 4 members (excludes halogenated alkanes) is 2. The summed E-state index contributed by atoms with van der Waals surface area (Å²) in [5, 5.41) is 8.75. The van der Waals surface area contributed by atoms with Crippen LogP contribution in [0.2, 0.25) is 0 Å². The molecule has 0 radical (unpaired) electrons. The van der Waals surface area contributed by atoms with Crippen molar-refractivity contribution < 1.29 is 14.7 Å². The van der Waals surface area contributed by atoms with Gasteiger partial charge in [-0.15, -0.1) is 0 Å². The standard InChI is InChI=1S/C11H22O.C8H18O.C3H6O/c1-4-6-7-11(5-2)9-8-10(3)12;1-3-5-6-8(4-2)7-9;1-3(2)4/h11H,4-9H2,1-3H3;8-9H,3-7H2,1-2H3;1-2H3. The molecule has 3 nitrogen and oxygen atoms in total. The fourth-order valence-corrected chi connectivity index (χ4v) is 2.37. The van der Waals surface area contributed by atoms with Crippen molar-refractivity contribution in [1.29, 1.82) is 0 Å². The van der Waals surface area contributed by atoms with Crippen LogP contribution in [0.4, 0.5) is 0 Å². The van der Waals surface area contributed by atoms with Crippen LogP contribution in [0.3, 0.4) is 0 Å². The number of Topliss-reactive ketones (excluding diaryl/α,β-unsaturated/α-hetero) is 2. The minimum Gasteiger partial charge on any atom is -0.396 e. The molecule has 3 heteroatoms. The second-order valence-electron chi connectivity index (χ2n) is 7.16. The first-order chi connectivity index (χ1) is 11.8. The van der Waals surface area contributed by atoms with Gasteiger partial charge >= 0.3 is 0 Å². The van der Waals surface area contributed by atoms with Gasteiger partial charge in [-0.25, -0.2) is 0 Å². The lowest BCUT2D eigenvalue weighted by Gasteiger charge is -2.12. The van der Waals surface area contributed by atoms with Crippen LogP contribution in [-0.2, 0) is 9.59 Å². The molecule has 0 saturated carbocycles. The first-order valence-corrected chi connectivity index (χ1v) is 10.4. The van der Waals surface area contributed by atoms with Crippen LogP contribution in [0.15, 0.2) is 0 Å². The Hall–Kier alpha value is -0.700. The molecule has 1 N–H and O–H groups in total. The minimum absolute atomic E-state index is 0.167. The zero-order valence-electron chi connectivity index (χ0n) is 18.2. The topological polar surface area (TPSA) is 54.4 Å². The Morgan fingerprint density at radius 3 is 1.44 bits per heavy atom. The Morgan fingerprint density at radius 2 is 1.16 bits per heavy atom. The summed E-state index contributed by atoms with van der Waals surface area (Å²) in [5.41, 5.74) is 0. The number of carbonyl (C=O) groups excluding carboxylic acids is 2. The van der Waals surface area contributed by atoms with Crippen molar-refractivity contribution in [2.75, 3.05) is 6.61 Å². The molecule has 0 rings (SSSR count). The van der Waals surface area contributed by atoms with E-state index in [1.165, 1.54) is 58.8 Å². The van der Waals surface area contributed by atoms with Gasteiger partial charge in [-0.05, 0) is 45.4 Å². The van der Waals surface area contributed by atoms with E-state index in [4.69, 9.17) is 5.11 Å². The second kappa shape index (κ2) is 23.3. The highest BCUT2D eigenvalue weighted by Gasteiger charge is 2.06. The third-order valence-corrected chi connectivity index (χ3v) is 4.25. The second-order valence-corrected chi connectivity index (χ2v) is 7.16. The molecule has 0 aromatic rings. The zero-order valence-corrected chi connectivity index (χ0v) is 18.2. The lowest BCUT2D eigenvalue weighted by atomic mass is 9.94. The van der Waals surface area contributed by atoms with E-state index in [-0.39, 0.29) is 5.78 Å². The van der Waals surface area contributed by atoms with E-state index in [1.807, 2.05) is 0 Å². The van der Waals surface area contributed by atoms with Gasteiger partial charge in [0.15, 0.2) is 0 Å². The number of aliphatic hydroxyl groups excluding tert-OH is 1. The smallest absolute Gasteiger partial charge is 0.129 e. The maximum atomic E-state index is 10.7. The van der Waals surface area contributed by atoms with E-state index in [0.717, 1.165) is 25.2 Å². The molecular weight excluding hydrogens is 312 g/mol. The molecule has 0 aliphatic heterocycles. The van der Waals surface area contributed by atoms with Gasteiger partial charge in [0, 0.05) is 13.0 Å². The third kappa shape index (κ3) is 31.6. The van der Waals surface area contributed by atoms with Crippen LogP contribution in [0, 0.1) is 11.8 Å².